The van der Waals surface area contributed by atoms with Crippen LogP contribution in [0.1, 0.15) is 12.0 Å². The molecule has 11 heteroatoms. The molecule has 0 saturated heterocycles. The normalized spacial score (nSPS) is 10.7. The molecule has 0 saturated carbocycles. The molecular weight excluding hydrogens is 353 g/mol. The Morgan fingerprint density at radius 3 is 2.46 bits per heavy atom. The van der Waals surface area contributed by atoms with Crippen molar-refractivity contribution >= 4 is 29.7 Å². The highest BCUT2D eigenvalue weighted by atomic mass is 35.5. The summed E-state index contributed by atoms with van der Waals surface area (Å²) in [5.74, 6) is -0.262. The lowest BCUT2D eigenvalue weighted by Crippen LogP contribution is -2.31. The van der Waals surface area contributed by atoms with Gasteiger partial charge in [0.1, 0.15) is 5.69 Å². The second kappa shape index (κ2) is 9.93. The Labute approximate surface area is 142 Å². The molecule has 3 N–H and O–H groups in total. The number of anilines is 1. The van der Waals surface area contributed by atoms with Crippen LogP contribution in [0, 0.1) is 10.1 Å². The van der Waals surface area contributed by atoms with Crippen molar-refractivity contribution in [1.29, 1.82) is 0 Å². The van der Waals surface area contributed by atoms with E-state index in [4.69, 9.17) is 0 Å². The number of nitrogens with zero attached hydrogens (tertiary/aromatic N) is 1. The number of halogens is 4. The molecule has 0 aromatic heterocycles. The standard InChI is InChI=1S/C13H17F3N4O3.ClH/c1-17-6-7-19-12(21)4-5-18-10-3-2-9(13(14,15)16)8-11(10)20(22)23;/h2-3,8,17-18H,4-7H2,1H3,(H,19,21);1H. The summed E-state index contributed by atoms with van der Waals surface area (Å²) in [7, 11) is 1.73. The van der Waals surface area contributed by atoms with E-state index < -0.39 is 22.4 Å². The van der Waals surface area contributed by atoms with E-state index in [-0.39, 0.29) is 37.0 Å². The van der Waals surface area contributed by atoms with Gasteiger partial charge in [-0.05, 0) is 19.2 Å². The molecule has 0 atom stereocenters. The molecule has 0 aliphatic heterocycles. The average molecular weight is 371 g/mol. The van der Waals surface area contributed by atoms with E-state index in [1.165, 1.54) is 0 Å². The lowest BCUT2D eigenvalue weighted by molar-refractivity contribution is -0.384. The molecule has 1 aromatic rings. The Morgan fingerprint density at radius 2 is 1.92 bits per heavy atom. The molecule has 136 valence electrons. The van der Waals surface area contributed by atoms with Crippen LogP contribution in [0.15, 0.2) is 18.2 Å². The van der Waals surface area contributed by atoms with E-state index >= 15 is 0 Å². The van der Waals surface area contributed by atoms with E-state index in [9.17, 15) is 28.1 Å². The molecule has 0 heterocycles. The predicted molar refractivity (Wildman–Crippen MR) is 85.4 cm³/mol. The van der Waals surface area contributed by atoms with Gasteiger partial charge in [-0.1, -0.05) is 0 Å². The van der Waals surface area contributed by atoms with Crippen molar-refractivity contribution in [3.8, 4) is 0 Å². The van der Waals surface area contributed by atoms with Crippen LogP contribution in [0.5, 0.6) is 0 Å². The minimum absolute atomic E-state index is 0. The molecule has 0 unspecified atom stereocenters. The van der Waals surface area contributed by atoms with Gasteiger partial charge in [-0.25, -0.2) is 0 Å². The van der Waals surface area contributed by atoms with Gasteiger partial charge >= 0.3 is 6.18 Å². The van der Waals surface area contributed by atoms with Crippen molar-refractivity contribution in [3.63, 3.8) is 0 Å². The molecule has 0 spiro atoms. The first kappa shape index (κ1) is 21.9. The Hall–Kier alpha value is -2.07. The molecule has 0 fully saturated rings. The number of nitro benzene ring substituents is 1. The van der Waals surface area contributed by atoms with Crippen LogP contribution in [0.2, 0.25) is 0 Å². The van der Waals surface area contributed by atoms with Gasteiger partial charge in [-0.2, -0.15) is 13.2 Å². The molecule has 0 bridgehead atoms. The maximum absolute atomic E-state index is 12.6. The summed E-state index contributed by atoms with van der Waals surface area (Å²) >= 11 is 0. The molecular formula is C13H18ClF3N4O3. The van der Waals surface area contributed by atoms with Crippen LogP contribution in [0.3, 0.4) is 0 Å². The van der Waals surface area contributed by atoms with E-state index in [2.05, 4.69) is 16.0 Å². The van der Waals surface area contributed by atoms with Crippen molar-refractivity contribution in [2.75, 3.05) is 32.0 Å². The van der Waals surface area contributed by atoms with Gasteiger partial charge in [0, 0.05) is 32.1 Å². The molecule has 1 amide bonds. The van der Waals surface area contributed by atoms with Crippen LogP contribution in [0.4, 0.5) is 24.5 Å². The third-order valence-corrected chi connectivity index (χ3v) is 2.89. The molecule has 0 radical (unpaired) electrons. The number of likely N-dealkylation sites (N-methyl/N-ethyl adjacent to an activating group) is 1. The summed E-state index contributed by atoms with van der Waals surface area (Å²) in [6, 6.07) is 2.21. The summed E-state index contributed by atoms with van der Waals surface area (Å²) in [5, 5.41) is 19.0. The number of amides is 1. The zero-order chi connectivity index (χ0) is 17.5. The average Bonchev–Trinajstić information content (AvgIpc) is 2.46. The fraction of sp³-hybridized carbons (Fsp3) is 0.462. The summed E-state index contributed by atoms with van der Waals surface area (Å²) < 4.78 is 37.7. The fourth-order valence-corrected chi connectivity index (χ4v) is 1.73. The van der Waals surface area contributed by atoms with Crippen molar-refractivity contribution in [2.24, 2.45) is 0 Å². The third kappa shape index (κ3) is 7.01. The topological polar surface area (TPSA) is 96.3 Å². The molecule has 7 nitrogen and oxygen atoms in total. The maximum Gasteiger partial charge on any atom is 0.416 e. The van der Waals surface area contributed by atoms with Crippen LogP contribution in [-0.4, -0.2) is 37.5 Å². The lowest BCUT2D eigenvalue weighted by Gasteiger charge is -2.10. The van der Waals surface area contributed by atoms with Gasteiger partial charge in [0.25, 0.3) is 5.69 Å². The summed E-state index contributed by atoms with van der Waals surface area (Å²) in [5.41, 5.74) is -1.85. The Balaban J connectivity index is 0.00000529. The SMILES string of the molecule is CNCCNC(=O)CCNc1ccc(C(F)(F)F)cc1[N+](=O)[O-].Cl. The fourth-order valence-electron chi connectivity index (χ4n) is 1.73. The Kier molecular flexibility index (Phi) is 9.08. The van der Waals surface area contributed by atoms with Crippen LogP contribution < -0.4 is 16.0 Å². The maximum atomic E-state index is 12.6. The zero-order valence-electron chi connectivity index (χ0n) is 12.8. The molecule has 24 heavy (non-hydrogen) atoms. The first-order valence-electron chi connectivity index (χ1n) is 6.76. The number of alkyl halides is 3. The first-order chi connectivity index (χ1) is 10.8. The van der Waals surface area contributed by atoms with Gasteiger partial charge < -0.3 is 16.0 Å². The van der Waals surface area contributed by atoms with Gasteiger partial charge in [0.05, 0.1) is 10.5 Å². The van der Waals surface area contributed by atoms with Gasteiger partial charge in [0.2, 0.25) is 5.91 Å². The van der Waals surface area contributed by atoms with Crippen LogP contribution >= 0.6 is 12.4 Å². The molecule has 1 rings (SSSR count). The second-order valence-electron chi connectivity index (χ2n) is 4.62. The van der Waals surface area contributed by atoms with Crippen LogP contribution in [0.25, 0.3) is 0 Å². The Morgan fingerprint density at radius 1 is 1.25 bits per heavy atom. The predicted octanol–water partition coefficient (Wildman–Crippen LogP) is 2.17. The number of carbonyl (C=O) groups is 1. The smallest absolute Gasteiger partial charge is 0.379 e. The van der Waals surface area contributed by atoms with Crippen molar-refractivity contribution in [2.45, 2.75) is 12.6 Å². The van der Waals surface area contributed by atoms with E-state index in [1.54, 1.807) is 7.05 Å². The Bertz CT molecular complexity index is 570. The van der Waals surface area contributed by atoms with E-state index in [0.717, 1.165) is 12.1 Å². The zero-order valence-corrected chi connectivity index (χ0v) is 13.6. The van der Waals surface area contributed by atoms with Gasteiger partial charge in [-0.3, -0.25) is 14.9 Å². The van der Waals surface area contributed by atoms with Gasteiger partial charge in [0.15, 0.2) is 0 Å². The number of nitro groups is 1. The first-order valence-corrected chi connectivity index (χ1v) is 6.76. The minimum atomic E-state index is -4.66. The molecule has 0 aliphatic carbocycles. The number of carbonyl (C=O) groups excluding carboxylic acids is 1. The quantitative estimate of drug-likeness (QED) is 0.370. The lowest BCUT2D eigenvalue weighted by atomic mass is 10.1. The molecule has 1 aromatic carbocycles. The van der Waals surface area contributed by atoms with E-state index in [1.807, 2.05) is 0 Å². The summed E-state index contributed by atoms with van der Waals surface area (Å²) in [6.07, 6.45) is -4.61. The largest absolute Gasteiger partial charge is 0.416 e. The summed E-state index contributed by atoms with van der Waals surface area (Å²) in [4.78, 5) is 21.4. The highest BCUT2D eigenvalue weighted by Crippen LogP contribution is 2.34. The third-order valence-electron chi connectivity index (χ3n) is 2.89. The van der Waals surface area contributed by atoms with Gasteiger partial charge in [-0.15, -0.1) is 12.4 Å². The number of rotatable bonds is 8. The number of benzene rings is 1. The van der Waals surface area contributed by atoms with Crippen molar-refractivity contribution in [3.05, 3.63) is 33.9 Å². The second-order valence-corrected chi connectivity index (χ2v) is 4.62. The minimum Gasteiger partial charge on any atom is -0.379 e. The van der Waals surface area contributed by atoms with Crippen molar-refractivity contribution in [1.82, 2.24) is 10.6 Å². The summed E-state index contributed by atoms with van der Waals surface area (Å²) in [6.45, 7) is 1.11. The highest BCUT2D eigenvalue weighted by Gasteiger charge is 2.32. The van der Waals surface area contributed by atoms with Crippen LogP contribution in [-0.2, 0) is 11.0 Å². The van der Waals surface area contributed by atoms with Crippen molar-refractivity contribution < 1.29 is 22.9 Å². The van der Waals surface area contributed by atoms with E-state index in [0.29, 0.717) is 19.2 Å². The number of nitrogens with one attached hydrogen (secondary N) is 3. The highest BCUT2D eigenvalue weighted by molar-refractivity contribution is 5.85. The number of hydrogen-bond donors (Lipinski definition) is 3. The number of hydrogen-bond acceptors (Lipinski definition) is 5. The monoisotopic (exact) mass is 370 g/mol. The molecule has 0 aliphatic rings.